The van der Waals surface area contributed by atoms with Crippen LogP contribution in [0.2, 0.25) is 0 Å². The van der Waals surface area contributed by atoms with E-state index in [-0.39, 0.29) is 11.6 Å². The zero-order valence-corrected chi connectivity index (χ0v) is 25.3. The molecule has 0 atom stereocenters. The van der Waals surface area contributed by atoms with Gasteiger partial charge in [0.05, 0.1) is 37.5 Å². The van der Waals surface area contributed by atoms with Gasteiger partial charge in [0.15, 0.2) is 11.6 Å². The largest absolute Gasteiger partial charge is 0.378 e. The maximum Gasteiger partial charge on any atom is 0.182 e. The first kappa shape index (κ1) is 30.0. The second kappa shape index (κ2) is 12.8. The van der Waals surface area contributed by atoms with Crippen molar-refractivity contribution < 1.29 is 19.1 Å². The molecule has 0 bridgehead atoms. The normalized spacial score (nSPS) is 16.5. The molecule has 3 aromatic carbocycles. The second-order valence-electron chi connectivity index (χ2n) is 12.1. The molecule has 2 aliphatic rings. The summed E-state index contributed by atoms with van der Waals surface area (Å²) in [6, 6.07) is 25.8. The Labute approximate surface area is 250 Å². The second-order valence-corrected chi connectivity index (χ2v) is 12.1. The summed E-state index contributed by atoms with van der Waals surface area (Å²) in [5.74, 6) is -0.0361. The number of carbonyl (C=O) groups excluding carboxylic acids is 2. The van der Waals surface area contributed by atoms with E-state index in [4.69, 9.17) is 9.47 Å². The molecular formula is C35H43N3O4. The van der Waals surface area contributed by atoms with Crippen molar-refractivity contribution in [2.45, 2.75) is 45.3 Å². The molecule has 0 saturated carbocycles. The molecule has 222 valence electrons. The van der Waals surface area contributed by atoms with E-state index in [1.807, 2.05) is 107 Å². The topological polar surface area (TPSA) is 62.3 Å². The van der Waals surface area contributed by atoms with E-state index in [1.54, 1.807) is 0 Å². The van der Waals surface area contributed by atoms with Crippen molar-refractivity contribution >= 4 is 22.9 Å². The first-order chi connectivity index (χ1) is 20.2. The van der Waals surface area contributed by atoms with E-state index in [0.29, 0.717) is 44.1 Å². The molecular weight excluding hydrogens is 526 g/mol. The quantitative estimate of drug-likeness (QED) is 0.300. The Morgan fingerprint density at radius 2 is 1.00 bits per heavy atom. The standard InChI is InChI=1S/C35H43N3O4/c1-34(2,32(39)28-10-14-30(15-11-28)36-18-22-41-23-19-36)38(26-27-8-6-5-7-9-27)35(3,4)33(40)29-12-16-31(17-13-29)37-20-24-42-25-21-37/h5-17H,18-26H2,1-4H3. The van der Waals surface area contributed by atoms with Gasteiger partial charge in [0.1, 0.15) is 0 Å². The molecule has 0 N–H and O–H groups in total. The molecule has 5 rings (SSSR count). The number of Topliss-reactive ketones (excluding diaryl/α,β-unsaturated/α-hetero) is 2. The van der Waals surface area contributed by atoms with Gasteiger partial charge in [-0.05, 0) is 81.8 Å². The Hall–Kier alpha value is -3.52. The van der Waals surface area contributed by atoms with Crippen LogP contribution in [0.1, 0.15) is 54.0 Å². The summed E-state index contributed by atoms with van der Waals surface area (Å²) in [6.07, 6.45) is 0. The fourth-order valence-electron chi connectivity index (χ4n) is 6.10. The van der Waals surface area contributed by atoms with Crippen LogP contribution >= 0.6 is 0 Å². The van der Waals surface area contributed by atoms with Crippen LogP contribution in [0.4, 0.5) is 11.4 Å². The Kier molecular flexibility index (Phi) is 9.11. The van der Waals surface area contributed by atoms with Crippen LogP contribution in [-0.2, 0) is 16.0 Å². The fraction of sp³-hybridized carbons (Fsp3) is 0.429. The molecule has 3 aromatic rings. The zero-order chi connectivity index (χ0) is 29.7. The highest BCUT2D eigenvalue weighted by atomic mass is 16.5. The fourth-order valence-corrected chi connectivity index (χ4v) is 6.10. The van der Waals surface area contributed by atoms with Gasteiger partial charge in [0.25, 0.3) is 0 Å². The van der Waals surface area contributed by atoms with E-state index in [9.17, 15) is 9.59 Å². The number of ether oxygens (including phenoxy) is 2. The number of rotatable bonds is 10. The van der Waals surface area contributed by atoms with Crippen LogP contribution in [0, 0.1) is 0 Å². The van der Waals surface area contributed by atoms with Crippen molar-refractivity contribution in [3.63, 3.8) is 0 Å². The van der Waals surface area contributed by atoms with E-state index in [1.165, 1.54) is 0 Å². The Bertz CT molecular complexity index is 1260. The first-order valence-corrected chi connectivity index (χ1v) is 14.9. The highest BCUT2D eigenvalue weighted by Gasteiger charge is 2.46. The van der Waals surface area contributed by atoms with Gasteiger partial charge in [-0.25, -0.2) is 0 Å². The summed E-state index contributed by atoms with van der Waals surface area (Å²) in [5.41, 5.74) is 2.55. The lowest BCUT2D eigenvalue weighted by Crippen LogP contribution is -2.61. The van der Waals surface area contributed by atoms with Crippen LogP contribution in [0.15, 0.2) is 78.9 Å². The Balaban J connectivity index is 1.42. The summed E-state index contributed by atoms with van der Waals surface area (Å²) in [5, 5.41) is 0. The predicted octanol–water partition coefficient (Wildman–Crippen LogP) is 5.48. The lowest BCUT2D eigenvalue weighted by Gasteiger charge is -2.47. The Morgan fingerprint density at radius 1 is 0.619 bits per heavy atom. The SMILES string of the molecule is CC(C)(C(=O)c1ccc(N2CCOCC2)cc1)N(Cc1ccccc1)C(C)(C)C(=O)c1ccc(N2CCOCC2)cc1. The van der Waals surface area contributed by atoms with Crippen molar-refractivity contribution in [3.05, 3.63) is 95.6 Å². The summed E-state index contributed by atoms with van der Waals surface area (Å²) >= 11 is 0. The predicted molar refractivity (Wildman–Crippen MR) is 168 cm³/mol. The first-order valence-electron chi connectivity index (χ1n) is 14.9. The molecule has 0 aliphatic carbocycles. The van der Waals surface area contributed by atoms with Gasteiger partial charge in [0, 0.05) is 55.2 Å². The van der Waals surface area contributed by atoms with Gasteiger partial charge >= 0.3 is 0 Å². The van der Waals surface area contributed by atoms with Crippen LogP contribution in [-0.4, -0.2) is 80.2 Å². The average molecular weight is 570 g/mol. The lowest BCUT2D eigenvalue weighted by atomic mass is 9.82. The average Bonchev–Trinajstić information content (AvgIpc) is 3.04. The van der Waals surface area contributed by atoms with Crippen molar-refractivity contribution in [2.75, 3.05) is 62.4 Å². The molecule has 0 aromatic heterocycles. The minimum atomic E-state index is -0.969. The number of hydrogen-bond acceptors (Lipinski definition) is 7. The molecule has 2 heterocycles. The van der Waals surface area contributed by atoms with Crippen LogP contribution in [0.25, 0.3) is 0 Å². The maximum absolute atomic E-state index is 14.2. The van der Waals surface area contributed by atoms with E-state index in [0.717, 1.165) is 43.1 Å². The third-order valence-corrected chi connectivity index (χ3v) is 8.66. The van der Waals surface area contributed by atoms with Crippen molar-refractivity contribution in [3.8, 4) is 0 Å². The third-order valence-electron chi connectivity index (χ3n) is 8.66. The van der Waals surface area contributed by atoms with Gasteiger partial charge < -0.3 is 19.3 Å². The van der Waals surface area contributed by atoms with Crippen molar-refractivity contribution in [1.82, 2.24) is 4.90 Å². The molecule has 2 fully saturated rings. The summed E-state index contributed by atoms with van der Waals surface area (Å²) in [6.45, 7) is 14.4. The summed E-state index contributed by atoms with van der Waals surface area (Å²) in [7, 11) is 0. The molecule has 7 nitrogen and oxygen atoms in total. The lowest BCUT2D eigenvalue weighted by molar-refractivity contribution is 0.0147. The van der Waals surface area contributed by atoms with Crippen molar-refractivity contribution in [2.24, 2.45) is 0 Å². The number of anilines is 2. The molecule has 2 aliphatic heterocycles. The molecule has 0 spiro atoms. The minimum absolute atomic E-state index is 0.0181. The molecule has 42 heavy (non-hydrogen) atoms. The zero-order valence-electron chi connectivity index (χ0n) is 25.3. The minimum Gasteiger partial charge on any atom is -0.378 e. The summed E-state index contributed by atoms with van der Waals surface area (Å²) < 4.78 is 11.0. The number of morpholine rings is 2. The maximum atomic E-state index is 14.2. The van der Waals surface area contributed by atoms with Gasteiger partial charge in [0.2, 0.25) is 0 Å². The van der Waals surface area contributed by atoms with Gasteiger partial charge in [-0.15, -0.1) is 0 Å². The highest BCUT2D eigenvalue weighted by Crippen LogP contribution is 2.34. The number of carbonyl (C=O) groups is 2. The van der Waals surface area contributed by atoms with Gasteiger partial charge in [-0.1, -0.05) is 30.3 Å². The van der Waals surface area contributed by atoms with Crippen molar-refractivity contribution in [1.29, 1.82) is 0 Å². The van der Waals surface area contributed by atoms with E-state index >= 15 is 0 Å². The van der Waals surface area contributed by atoms with Gasteiger partial charge in [-0.2, -0.15) is 0 Å². The van der Waals surface area contributed by atoms with Gasteiger partial charge in [-0.3, -0.25) is 14.5 Å². The molecule has 0 radical (unpaired) electrons. The monoisotopic (exact) mass is 569 g/mol. The number of benzene rings is 3. The highest BCUT2D eigenvalue weighted by molar-refractivity contribution is 6.06. The summed E-state index contributed by atoms with van der Waals surface area (Å²) in [4.78, 5) is 35.0. The van der Waals surface area contributed by atoms with Crippen LogP contribution in [0.5, 0.6) is 0 Å². The molecule has 0 unspecified atom stereocenters. The molecule has 0 amide bonds. The van der Waals surface area contributed by atoms with Crippen LogP contribution in [0.3, 0.4) is 0 Å². The molecule has 7 heteroatoms. The Morgan fingerprint density at radius 3 is 1.38 bits per heavy atom. The van der Waals surface area contributed by atoms with E-state index < -0.39 is 11.1 Å². The van der Waals surface area contributed by atoms with Crippen LogP contribution < -0.4 is 9.80 Å². The molecule has 2 saturated heterocycles. The number of nitrogens with zero attached hydrogens (tertiary/aromatic N) is 3. The van der Waals surface area contributed by atoms with E-state index in [2.05, 4.69) is 14.7 Å². The third kappa shape index (κ3) is 6.43. The number of ketones is 2. The number of hydrogen-bond donors (Lipinski definition) is 0. The smallest absolute Gasteiger partial charge is 0.182 e.